The number of benzene rings is 1. The molecule has 0 amide bonds. The van der Waals surface area contributed by atoms with Gasteiger partial charge in [-0.1, -0.05) is 0 Å². The number of rotatable bonds is 5. The van der Waals surface area contributed by atoms with E-state index in [1.54, 1.807) is 12.3 Å². The SMILES string of the molecule is CCOC(=O)CCc1csc(-c2ccc(F)c(F)c2Br)n1. The summed E-state index contributed by atoms with van der Waals surface area (Å²) in [7, 11) is 0. The number of hydrogen-bond donors (Lipinski definition) is 0. The second-order valence-corrected chi connectivity index (χ2v) is 5.82. The van der Waals surface area contributed by atoms with Crippen molar-refractivity contribution in [2.75, 3.05) is 6.61 Å². The quantitative estimate of drug-likeness (QED) is 0.576. The van der Waals surface area contributed by atoms with Crippen molar-refractivity contribution in [3.63, 3.8) is 0 Å². The van der Waals surface area contributed by atoms with Crippen LogP contribution in [0.5, 0.6) is 0 Å². The molecule has 2 rings (SSSR count). The van der Waals surface area contributed by atoms with Crippen LogP contribution in [0.4, 0.5) is 8.78 Å². The zero-order valence-corrected chi connectivity index (χ0v) is 13.6. The molecule has 2 aromatic rings. The van der Waals surface area contributed by atoms with Gasteiger partial charge in [-0.3, -0.25) is 4.79 Å². The minimum atomic E-state index is -0.934. The van der Waals surface area contributed by atoms with Crippen LogP contribution in [0.15, 0.2) is 22.0 Å². The first-order valence-electron chi connectivity index (χ1n) is 6.26. The van der Waals surface area contributed by atoms with Crippen molar-refractivity contribution in [1.82, 2.24) is 4.98 Å². The fourth-order valence-corrected chi connectivity index (χ4v) is 3.23. The molecule has 7 heteroatoms. The molecule has 1 aromatic carbocycles. The molecule has 0 N–H and O–H groups in total. The number of ether oxygens (including phenoxy) is 1. The van der Waals surface area contributed by atoms with Crippen molar-refractivity contribution in [2.45, 2.75) is 19.8 Å². The predicted molar refractivity (Wildman–Crippen MR) is 80.1 cm³/mol. The smallest absolute Gasteiger partial charge is 0.306 e. The van der Waals surface area contributed by atoms with Gasteiger partial charge < -0.3 is 4.74 Å². The van der Waals surface area contributed by atoms with Gasteiger partial charge in [0.15, 0.2) is 11.6 Å². The summed E-state index contributed by atoms with van der Waals surface area (Å²) >= 11 is 4.35. The Bertz CT molecular complexity index is 660. The first-order valence-corrected chi connectivity index (χ1v) is 7.94. The van der Waals surface area contributed by atoms with Crippen molar-refractivity contribution in [1.29, 1.82) is 0 Å². The summed E-state index contributed by atoms with van der Waals surface area (Å²) < 4.78 is 31.5. The van der Waals surface area contributed by atoms with Crippen molar-refractivity contribution >= 4 is 33.2 Å². The minimum Gasteiger partial charge on any atom is -0.466 e. The normalized spacial score (nSPS) is 10.7. The number of esters is 1. The van der Waals surface area contributed by atoms with Gasteiger partial charge in [-0.2, -0.15) is 0 Å². The molecule has 3 nitrogen and oxygen atoms in total. The van der Waals surface area contributed by atoms with Gasteiger partial charge in [-0.15, -0.1) is 11.3 Å². The minimum absolute atomic E-state index is 0.0498. The Hall–Kier alpha value is -1.34. The molecule has 0 saturated heterocycles. The molecular formula is C14H12BrF2NO2S. The van der Waals surface area contributed by atoms with Gasteiger partial charge in [0.25, 0.3) is 0 Å². The van der Waals surface area contributed by atoms with Crippen LogP contribution >= 0.6 is 27.3 Å². The fourth-order valence-electron chi connectivity index (χ4n) is 1.70. The summed E-state index contributed by atoms with van der Waals surface area (Å²) in [4.78, 5) is 15.6. The Balaban J connectivity index is 2.13. The monoisotopic (exact) mass is 375 g/mol. The molecule has 0 unspecified atom stereocenters. The molecule has 0 aliphatic carbocycles. The van der Waals surface area contributed by atoms with E-state index in [2.05, 4.69) is 20.9 Å². The molecule has 0 spiro atoms. The molecule has 0 radical (unpaired) electrons. The summed E-state index contributed by atoms with van der Waals surface area (Å²) in [6.07, 6.45) is 0.701. The van der Waals surface area contributed by atoms with E-state index in [1.165, 1.54) is 17.4 Å². The summed E-state index contributed by atoms with van der Waals surface area (Å²) in [5, 5.41) is 2.36. The molecule has 0 aliphatic rings. The van der Waals surface area contributed by atoms with Crippen LogP contribution in [0.3, 0.4) is 0 Å². The molecule has 1 aromatic heterocycles. The van der Waals surface area contributed by atoms with Gasteiger partial charge in [0.05, 0.1) is 23.2 Å². The maximum absolute atomic E-state index is 13.5. The second-order valence-electron chi connectivity index (χ2n) is 4.17. The molecule has 21 heavy (non-hydrogen) atoms. The van der Waals surface area contributed by atoms with E-state index < -0.39 is 11.6 Å². The summed E-state index contributed by atoms with van der Waals surface area (Å²) in [5.74, 6) is -2.12. The van der Waals surface area contributed by atoms with E-state index in [4.69, 9.17) is 4.74 Å². The molecule has 1 heterocycles. The Morgan fingerprint density at radius 2 is 2.19 bits per heavy atom. The lowest BCUT2D eigenvalue weighted by Crippen LogP contribution is -2.05. The topological polar surface area (TPSA) is 39.2 Å². The lowest BCUT2D eigenvalue weighted by Gasteiger charge is -2.02. The maximum atomic E-state index is 13.5. The Labute approximate surface area is 133 Å². The van der Waals surface area contributed by atoms with E-state index in [1.807, 2.05) is 0 Å². The third-order valence-corrected chi connectivity index (χ3v) is 4.41. The molecule has 0 bridgehead atoms. The summed E-state index contributed by atoms with van der Waals surface area (Å²) in [6, 6.07) is 2.53. The molecule has 0 fully saturated rings. The highest BCUT2D eigenvalue weighted by Crippen LogP contribution is 2.33. The van der Waals surface area contributed by atoms with E-state index in [0.717, 1.165) is 11.8 Å². The van der Waals surface area contributed by atoms with Crippen LogP contribution in [0.1, 0.15) is 19.0 Å². The molecule has 0 saturated carbocycles. The number of hydrogen-bond acceptors (Lipinski definition) is 4. The van der Waals surface area contributed by atoms with Crippen molar-refractivity contribution in [3.8, 4) is 10.6 Å². The number of aryl methyl sites for hydroxylation is 1. The number of nitrogens with zero attached hydrogens (tertiary/aromatic N) is 1. The molecule has 0 atom stereocenters. The third-order valence-electron chi connectivity index (χ3n) is 2.71. The lowest BCUT2D eigenvalue weighted by atomic mass is 10.2. The van der Waals surface area contributed by atoms with Crippen LogP contribution in [0.2, 0.25) is 0 Å². The largest absolute Gasteiger partial charge is 0.466 e. The summed E-state index contributed by atoms with van der Waals surface area (Å²) in [6.45, 7) is 2.10. The Morgan fingerprint density at radius 1 is 1.43 bits per heavy atom. The molecular weight excluding hydrogens is 364 g/mol. The highest BCUT2D eigenvalue weighted by molar-refractivity contribution is 9.10. The zero-order chi connectivity index (χ0) is 15.4. The van der Waals surface area contributed by atoms with Crippen molar-refractivity contribution < 1.29 is 18.3 Å². The number of carbonyl (C=O) groups excluding carboxylic acids is 1. The number of carbonyl (C=O) groups is 1. The first kappa shape index (κ1) is 16.0. The average molecular weight is 376 g/mol. The van der Waals surface area contributed by atoms with Gasteiger partial charge in [0.2, 0.25) is 0 Å². The number of aromatic nitrogens is 1. The predicted octanol–water partition coefficient (Wildman–Crippen LogP) is 4.35. The van der Waals surface area contributed by atoms with E-state index in [0.29, 0.717) is 23.6 Å². The maximum Gasteiger partial charge on any atom is 0.306 e. The van der Waals surface area contributed by atoms with E-state index in [9.17, 15) is 13.6 Å². The van der Waals surface area contributed by atoms with Crippen LogP contribution < -0.4 is 0 Å². The first-order chi connectivity index (χ1) is 10.0. The zero-order valence-electron chi connectivity index (χ0n) is 11.2. The Morgan fingerprint density at radius 3 is 2.90 bits per heavy atom. The van der Waals surface area contributed by atoms with Crippen molar-refractivity contribution in [2.24, 2.45) is 0 Å². The van der Waals surface area contributed by atoms with E-state index >= 15 is 0 Å². The van der Waals surface area contributed by atoms with Gasteiger partial charge in [0.1, 0.15) is 5.01 Å². The number of halogens is 3. The third kappa shape index (κ3) is 3.85. The van der Waals surface area contributed by atoms with Crippen molar-refractivity contribution in [3.05, 3.63) is 39.3 Å². The highest BCUT2D eigenvalue weighted by atomic mass is 79.9. The Kier molecular flexibility index (Phi) is 5.41. The number of thiazole rings is 1. The van der Waals surface area contributed by atoms with Gasteiger partial charge >= 0.3 is 5.97 Å². The fraction of sp³-hybridized carbons (Fsp3) is 0.286. The second kappa shape index (κ2) is 7.09. The van der Waals surface area contributed by atoms with Crippen LogP contribution in [0.25, 0.3) is 10.6 Å². The molecule has 112 valence electrons. The highest BCUT2D eigenvalue weighted by Gasteiger charge is 2.15. The van der Waals surface area contributed by atoms with Gasteiger partial charge in [-0.05, 0) is 35.0 Å². The van der Waals surface area contributed by atoms with Gasteiger partial charge in [-0.25, -0.2) is 13.8 Å². The van der Waals surface area contributed by atoms with Crippen LogP contribution in [-0.2, 0) is 16.0 Å². The molecule has 0 aliphatic heterocycles. The summed E-state index contributed by atoms with van der Waals surface area (Å²) in [5.41, 5.74) is 1.21. The standard InChI is InChI=1S/C14H12BrF2NO2S/c1-2-20-11(19)6-3-8-7-21-14(18-8)9-4-5-10(16)13(17)12(9)15/h4-5,7H,2-3,6H2,1H3. The van der Waals surface area contributed by atoms with Gasteiger partial charge in [0, 0.05) is 17.4 Å². The van der Waals surface area contributed by atoms with E-state index in [-0.39, 0.29) is 16.9 Å². The lowest BCUT2D eigenvalue weighted by molar-refractivity contribution is -0.143. The van der Waals surface area contributed by atoms with Crippen LogP contribution in [-0.4, -0.2) is 17.6 Å². The average Bonchev–Trinajstić information content (AvgIpc) is 2.92. The van der Waals surface area contributed by atoms with Crippen LogP contribution in [0, 0.1) is 11.6 Å².